The van der Waals surface area contributed by atoms with Gasteiger partial charge in [0, 0.05) is 0 Å². The van der Waals surface area contributed by atoms with E-state index >= 15 is 0 Å². The fourth-order valence-corrected chi connectivity index (χ4v) is 4.70. The summed E-state index contributed by atoms with van der Waals surface area (Å²) in [5, 5.41) is 0. The summed E-state index contributed by atoms with van der Waals surface area (Å²) in [6.07, 6.45) is 0.182. The Bertz CT molecular complexity index is 551. The first-order valence-electron chi connectivity index (χ1n) is 5.94. The van der Waals surface area contributed by atoms with Gasteiger partial charge in [-0.15, -0.1) is 11.3 Å². The second kappa shape index (κ2) is 6.39. The molecule has 2 nitrogen and oxygen atoms in total. The van der Waals surface area contributed by atoms with Crippen molar-refractivity contribution in [2.24, 2.45) is 5.73 Å². The highest BCUT2D eigenvalue weighted by Gasteiger charge is 2.15. The van der Waals surface area contributed by atoms with Crippen LogP contribution < -0.4 is 10.5 Å². The van der Waals surface area contributed by atoms with Crippen LogP contribution in [0.2, 0.25) is 0 Å². The lowest BCUT2D eigenvalue weighted by Gasteiger charge is -2.14. The van der Waals surface area contributed by atoms with Crippen molar-refractivity contribution < 1.29 is 4.74 Å². The first-order valence-corrected chi connectivity index (χ1v) is 8.34. The van der Waals surface area contributed by atoms with E-state index in [0.29, 0.717) is 0 Å². The SMILES string of the molecule is CC(C)Oc1ccc(C(N)c2cc(Br)sc2Br)cc1. The molecule has 0 saturated heterocycles. The number of rotatable bonds is 4. The predicted molar refractivity (Wildman–Crippen MR) is 88.0 cm³/mol. The van der Waals surface area contributed by atoms with Gasteiger partial charge >= 0.3 is 0 Å². The second-order valence-corrected chi connectivity index (χ2v) is 8.24. The summed E-state index contributed by atoms with van der Waals surface area (Å²) in [6, 6.07) is 9.87. The van der Waals surface area contributed by atoms with Crippen LogP contribution in [0.1, 0.15) is 31.0 Å². The standard InChI is InChI=1S/C14H15Br2NOS/c1-8(2)18-10-5-3-9(4-6-10)13(17)11-7-12(15)19-14(11)16/h3-8,13H,17H2,1-2H3. The smallest absolute Gasteiger partial charge is 0.119 e. The zero-order chi connectivity index (χ0) is 14.0. The van der Waals surface area contributed by atoms with Crippen LogP contribution in [0.15, 0.2) is 37.9 Å². The molecule has 1 heterocycles. The van der Waals surface area contributed by atoms with Crippen LogP contribution in [-0.4, -0.2) is 6.10 Å². The van der Waals surface area contributed by atoms with E-state index in [1.165, 1.54) is 0 Å². The third-order valence-corrected chi connectivity index (χ3v) is 5.01. The van der Waals surface area contributed by atoms with Crippen LogP contribution in [0.5, 0.6) is 5.75 Å². The van der Waals surface area contributed by atoms with Gasteiger partial charge in [-0.3, -0.25) is 0 Å². The first-order chi connectivity index (χ1) is 8.97. The first kappa shape index (κ1) is 15.0. The van der Waals surface area contributed by atoms with E-state index in [4.69, 9.17) is 10.5 Å². The highest BCUT2D eigenvalue weighted by molar-refractivity contribution is 9.12. The molecule has 0 spiro atoms. The van der Waals surface area contributed by atoms with Crippen molar-refractivity contribution >= 4 is 43.2 Å². The van der Waals surface area contributed by atoms with E-state index in [9.17, 15) is 0 Å². The van der Waals surface area contributed by atoms with Crippen LogP contribution >= 0.6 is 43.2 Å². The van der Waals surface area contributed by atoms with Crippen LogP contribution in [-0.2, 0) is 0 Å². The average Bonchev–Trinajstić information content (AvgIpc) is 2.68. The highest BCUT2D eigenvalue weighted by Crippen LogP contribution is 2.37. The zero-order valence-electron chi connectivity index (χ0n) is 10.7. The fraction of sp³-hybridized carbons (Fsp3) is 0.286. The Kier molecular flexibility index (Phi) is 5.06. The van der Waals surface area contributed by atoms with E-state index in [1.54, 1.807) is 11.3 Å². The van der Waals surface area contributed by atoms with Gasteiger partial charge in [-0.05, 0) is 75.0 Å². The quantitative estimate of drug-likeness (QED) is 0.768. The summed E-state index contributed by atoms with van der Waals surface area (Å²) >= 11 is 8.65. The summed E-state index contributed by atoms with van der Waals surface area (Å²) in [5.74, 6) is 0.872. The van der Waals surface area contributed by atoms with E-state index in [2.05, 4.69) is 37.9 Å². The summed E-state index contributed by atoms with van der Waals surface area (Å²) in [7, 11) is 0. The van der Waals surface area contributed by atoms with E-state index in [1.807, 2.05) is 38.1 Å². The molecular formula is C14H15Br2NOS. The number of halogens is 2. The summed E-state index contributed by atoms with van der Waals surface area (Å²) in [6.45, 7) is 4.03. The van der Waals surface area contributed by atoms with Gasteiger partial charge in [-0.1, -0.05) is 12.1 Å². The van der Waals surface area contributed by atoms with Crippen LogP contribution in [0.25, 0.3) is 0 Å². The van der Waals surface area contributed by atoms with E-state index in [-0.39, 0.29) is 12.1 Å². The molecule has 0 amide bonds. The third-order valence-electron chi connectivity index (χ3n) is 2.63. The highest BCUT2D eigenvalue weighted by atomic mass is 79.9. The number of benzene rings is 1. The molecule has 1 aromatic carbocycles. The topological polar surface area (TPSA) is 35.2 Å². The molecule has 0 aliphatic rings. The van der Waals surface area contributed by atoms with Crippen molar-refractivity contribution in [2.75, 3.05) is 0 Å². The monoisotopic (exact) mass is 403 g/mol. The second-order valence-electron chi connectivity index (χ2n) is 4.49. The van der Waals surface area contributed by atoms with Crippen molar-refractivity contribution in [3.05, 3.63) is 49.0 Å². The van der Waals surface area contributed by atoms with Crippen LogP contribution in [0, 0.1) is 0 Å². The molecular weight excluding hydrogens is 390 g/mol. The molecule has 0 aliphatic carbocycles. The molecule has 0 aliphatic heterocycles. The van der Waals surface area contributed by atoms with Crippen molar-refractivity contribution in [1.82, 2.24) is 0 Å². The van der Waals surface area contributed by atoms with Crippen LogP contribution in [0.4, 0.5) is 0 Å². The Morgan fingerprint density at radius 1 is 1.16 bits per heavy atom. The normalized spacial score (nSPS) is 12.7. The molecule has 102 valence electrons. The molecule has 0 bridgehead atoms. The molecule has 1 aromatic heterocycles. The van der Waals surface area contributed by atoms with Gasteiger partial charge in [0.05, 0.1) is 19.7 Å². The Morgan fingerprint density at radius 2 is 1.79 bits per heavy atom. The van der Waals surface area contributed by atoms with Gasteiger partial charge in [0.15, 0.2) is 0 Å². The Morgan fingerprint density at radius 3 is 2.26 bits per heavy atom. The van der Waals surface area contributed by atoms with Gasteiger partial charge in [0.25, 0.3) is 0 Å². The molecule has 1 unspecified atom stereocenters. The Hall–Kier alpha value is -0.360. The molecule has 0 saturated carbocycles. The maximum atomic E-state index is 6.30. The van der Waals surface area contributed by atoms with Crippen molar-refractivity contribution in [1.29, 1.82) is 0 Å². The molecule has 0 radical (unpaired) electrons. The largest absolute Gasteiger partial charge is 0.491 e. The van der Waals surface area contributed by atoms with Gasteiger partial charge in [0.1, 0.15) is 5.75 Å². The molecule has 2 N–H and O–H groups in total. The Balaban J connectivity index is 2.20. The lowest BCUT2D eigenvalue weighted by atomic mass is 10.0. The van der Waals surface area contributed by atoms with Gasteiger partial charge < -0.3 is 10.5 Å². The average molecular weight is 405 g/mol. The molecule has 1 atom stereocenters. The summed E-state index contributed by atoms with van der Waals surface area (Å²) in [5.41, 5.74) is 8.46. The van der Waals surface area contributed by atoms with Crippen molar-refractivity contribution in [3.63, 3.8) is 0 Å². The van der Waals surface area contributed by atoms with Crippen molar-refractivity contribution in [2.45, 2.75) is 26.0 Å². The number of thiophene rings is 1. The fourth-order valence-electron chi connectivity index (χ4n) is 1.77. The molecule has 0 fully saturated rings. The van der Waals surface area contributed by atoms with Crippen LogP contribution in [0.3, 0.4) is 0 Å². The van der Waals surface area contributed by atoms with Gasteiger partial charge in [0.2, 0.25) is 0 Å². The van der Waals surface area contributed by atoms with E-state index < -0.39 is 0 Å². The minimum absolute atomic E-state index is 0.134. The minimum Gasteiger partial charge on any atom is -0.491 e. The molecule has 2 rings (SSSR count). The predicted octanol–water partition coefficient (Wildman–Crippen LogP) is 5.11. The number of hydrogen-bond acceptors (Lipinski definition) is 3. The Labute approximate surface area is 134 Å². The third kappa shape index (κ3) is 3.81. The summed E-state index contributed by atoms with van der Waals surface area (Å²) in [4.78, 5) is 0. The maximum Gasteiger partial charge on any atom is 0.119 e. The maximum absolute atomic E-state index is 6.30. The minimum atomic E-state index is -0.134. The lowest BCUT2D eigenvalue weighted by Crippen LogP contribution is -2.11. The molecule has 2 aromatic rings. The number of nitrogens with two attached hydrogens (primary N) is 1. The number of hydrogen-bond donors (Lipinski definition) is 1. The summed E-state index contributed by atoms with van der Waals surface area (Å²) < 4.78 is 7.76. The molecule has 19 heavy (non-hydrogen) atoms. The van der Waals surface area contributed by atoms with Gasteiger partial charge in [-0.25, -0.2) is 0 Å². The molecule has 5 heteroatoms. The number of ether oxygens (including phenoxy) is 1. The lowest BCUT2D eigenvalue weighted by molar-refractivity contribution is 0.242. The van der Waals surface area contributed by atoms with Crippen molar-refractivity contribution in [3.8, 4) is 5.75 Å². The zero-order valence-corrected chi connectivity index (χ0v) is 14.7. The van der Waals surface area contributed by atoms with Gasteiger partial charge in [-0.2, -0.15) is 0 Å². The van der Waals surface area contributed by atoms with E-state index in [0.717, 1.165) is 24.4 Å².